The summed E-state index contributed by atoms with van der Waals surface area (Å²) < 4.78 is 0. The van der Waals surface area contributed by atoms with E-state index in [9.17, 15) is 0 Å². The first kappa shape index (κ1) is 10.2. The maximum Gasteiger partial charge on any atom is 0.0800 e. The van der Waals surface area contributed by atoms with E-state index in [-0.39, 0.29) is 0 Å². The zero-order valence-corrected chi connectivity index (χ0v) is 10.8. The second-order valence-corrected chi connectivity index (χ2v) is 5.29. The molecule has 20 heavy (non-hydrogen) atoms. The van der Waals surface area contributed by atoms with Gasteiger partial charge in [0.1, 0.15) is 0 Å². The van der Waals surface area contributed by atoms with Gasteiger partial charge in [-0.2, -0.15) is 0 Å². The molecule has 5 rings (SSSR count). The van der Waals surface area contributed by atoms with Crippen molar-refractivity contribution in [2.45, 2.75) is 0 Å². The first-order chi connectivity index (χ1) is 9.92. The van der Waals surface area contributed by atoms with Crippen molar-refractivity contribution in [3.63, 3.8) is 0 Å². The van der Waals surface area contributed by atoms with Crippen molar-refractivity contribution in [2.24, 2.45) is 4.99 Å². The third-order valence-electron chi connectivity index (χ3n) is 4.18. The molecule has 1 nitrogen and oxygen atoms in total. The molecule has 0 radical (unpaired) electrons. The quantitative estimate of drug-likeness (QED) is 0.402. The van der Waals surface area contributed by atoms with E-state index < -0.39 is 0 Å². The highest BCUT2D eigenvalue weighted by Gasteiger charge is 2.17. The van der Waals surface area contributed by atoms with Crippen LogP contribution in [0.4, 0.5) is 5.69 Å². The molecule has 0 aromatic heterocycles. The van der Waals surface area contributed by atoms with Crippen molar-refractivity contribution in [1.29, 1.82) is 0 Å². The van der Waals surface area contributed by atoms with Crippen LogP contribution in [0.3, 0.4) is 0 Å². The first-order valence-electron chi connectivity index (χ1n) is 6.84. The van der Waals surface area contributed by atoms with Gasteiger partial charge >= 0.3 is 0 Å². The van der Waals surface area contributed by atoms with Gasteiger partial charge in [-0.3, -0.25) is 0 Å². The molecule has 3 aromatic rings. The van der Waals surface area contributed by atoms with Crippen molar-refractivity contribution in [3.8, 4) is 11.1 Å². The Morgan fingerprint density at radius 1 is 0.700 bits per heavy atom. The zero-order valence-electron chi connectivity index (χ0n) is 10.8. The molecule has 0 unspecified atom stereocenters. The van der Waals surface area contributed by atoms with Crippen LogP contribution in [-0.4, -0.2) is 0 Å². The van der Waals surface area contributed by atoms with Crippen LogP contribution in [0.2, 0.25) is 0 Å². The fourth-order valence-corrected chi connectivity index (χ4v) is 3.28. The lowest BCUT2D eigenvalue weighted by Crippen LogP contribution is -1.99. The molecule has 0 amide bonds. The van der Waals surface area contributed by atoms with Gasteiger partial charge < -0.3 is 0 Å². The van der Waals surface area contributed by atoms with Crippen molar-refractivity contribution < 1.29 is 0 Å². The van der Waals surface area contributed by atoms with E-state index in [0.717, 1.165) is 11.0 Å². The van der Waals surface area contributed by atoms with E-state index in [1.54, 1.807) is 0 Å². The third-order valence-corrected chi connectivity index (χ3v) is 4.18. The Kier molecular flexibility index (Phi) is 1.75. The minimum atomic E-state index is 1.08. The Morgan fingerprint density at radius 3 is 2.55 bits per heavy atom. The number of fused-ring (bicyclic) bond motifs is 6. The normalized spacial score (nSPS) is 12.8. The zero-order chi connectivity index (χ0) is 13.1. The van der Waals surface area contributed by atoms with Gasteiger partial charge in [0.25, 0.3) is 0 Å². The second-order valence-electron chi connectivity index (χ2n) is 5.29. The molecule has 0 N–H and O–H groups in total. The Labute approximate surface area is 115 Å². The molecule has 3 aromatic carbocycles. The van der Waals surface area contributed by atoms with E-state index in [0.29, 0.717) is 0 Å². The van der Waals surface area contributed by atoms with Gasteiger partial charge in [0.05, 0.1) is 11.0 Å². The van der Waals surface area contributed by atoms with Crippen LogP contribution in [0.5, 0.6) is 0 Å². The van der Waals surface area contributed by atoms with Gasteiger partial charge in [-0.1, -0.05) is 54.6 Å². The minimum Gasteiger partial charge on any atom is -0.247 e. The molecule has 0 bridgehead atoms. The number of benzene rings is 3. The number of hydrogen-bond acceptors (Lipinski definition) is 1. The fourth-order valence-electron chi connectivity index (χ4n) is 3.28. The van der Waals surface area contributed by atoms with Crippen LogP contribution in [0, 0.1) is 10.4 Å². The first-order valence-corrected chi connectivity index (χ1v) is 6.84. The van der Waals surface area contributed by atoms with Gasteiger partial charge in [0, 0.05) is 16.0 Å². The average molecular weight is 253 g/mol. The minimum absolute atomic E-state index is 1.08. The van der Waals surface area contributed by atoms with Gasteiger partial charge in [-0.25, -0.2) is 4.99 Å². The highest BCUT2D eigenvalue weighted by molar-refractivity contribution is 5.89. The van der Waals surface area contributed by atoms with Gasteiger partial charge in [-0.05, 0) is 28.5 Å². The fraction of sp³-hybridized carbons (Fsp3) is 0. The Morgan fingerprint density at radius 2 is 1.55 bits per heavy atom. The molecule has 92 valence electrons. The summed E-state index contributed by atoms with van der Waals surface area (Å²) in [6, 6.07) is 21.3. The third kappa shape index (κ3) is 1.15. The lowest BCUT2D eigenvalue weighted by molar-refractivity contribution is 1.37. The van der Waals surface area contributed by atoms with Crippen LogP contribution < -0.4 is 10.6 Å². The summed E-state index contributed by atoms with van der Waals surface area (Å²) in [6.07, 6.45) is 2.25. The lowest BCUT2D eigenvalue weighted by atomic mass is 10.0. The highest BCUT2D eigenvalue weighted by Crippen LogP contribution is 2.35. The smallest absolute Gasteiger partial charge is 0.0800 e. The molecule has 0 saturated carbocycles. The van der Waals surface area contributed by atoms with E-state index in [1.165, 1.54) is 32.3 Å². The van der Waals surface area contributed by atoms with Crippen LogP contribution in [0.25, 0.3) is 17.2 Å². The SMILES string of the molecule is C1=c2ccc3c(c2-c2ccccc21)N=c1ccccc1=3. The summed E-state index contributed by atoms with van der Waals surface area (Å²) in [7, 11) is 0. The van der Waals surface area contributed by atoms with Crippen molar-refractivity contribution in [2.75, 3.05) is 0 Å². The second kappa shape index (κ2) is 3.45. The summed E-state index contributed by atoms with van der Waals surface area (Å²) in [4.78, 5) is 4.87. The average Bonchev–Trinajstić information content (AvgIpc) is 3.04. The number of rotatable bonds is 0. The summed E-state index contributed by atoms with van der Waals surface area (Å²) in [6.45, 7) is 0. The molecule has 1 heteroatoms. The summed E-state index contributed by atoms with van der Waals surface area (Å²) in [5.41, 5.74) is 5.01. The molecular formula is C19H11N. The molecule has 2 aliphatic rings. The van der Waals surface area contributed by atoms with Crippen molar-refractivity contribution >= 4 is 11.8 Å². The maximum absolute atomic E-state index is 4.87. The standard InChI is InChI=1S/C19H11N/c1-2-6-14-12(5-1)11-13-9-10-16-15-7-3-4-8-17(15)20-19(16)18(13)14/h1-11H. The molecule has 0 spiro atoms. The number of hydrogen-bond donors (Lipinski definition) is 0. The van der Waals surface area contributed by atoms with Crippen LogP contribution in [-0.2, 0) is 0 Å². The monoisotopic (exact) mass is 253 g/mol. The van der Waals surface area contributed by atoms with Gasteiger partial charge in [0.15, 0.2) is 0 Å². The van der Waals surface area contributed by atoms with Gasteiger partial charge in [-0.15, -0.1) is 0 Å². The lowest BCUT2D eigenvalue weighted by Gasteiger charge is -2.03. The highest BCUT2D eigenvalue weighted by atomic mass is 14.7. The van der Waals surface area contributed by atoms with E-state index in [2.05, 4.69) is 66.7 Å². The van der Waals surface area contributed by atoms with Crippen LogP contribution in [0.1, 0.15) is 5.56 Å². The predicted molar refractivity (Wildman–Crippen MR) is 80.0 cm³/mol. The van der Waals surface area contributed by atoms with Crippen molar-refractivity contribution in [1.82, 2.24) is 0 Å². The summed E-state index contributed by atoms with van der Waals surface area (Å²) in [5, 5.41) is 4.86. The summed E-state index contributed by atoms with van der Waals surface area (Å²) in [5.74, 6) is 0. The molecule has 0 atom stereocenters. The molecule has 1 heterocycles. The Bertz CT molecular complexity index is 1090. The van der Waals surface area contributed by atoms with Crippen LogP contribution >= 0.6 is 0 Å². The van der Waals surface area contributed by atoms with Gasteiger partial charge in [0.2, 0.25) is 0 Å². The van der Waals surface area contributed by atoms with Crippen LogP contribution in [0.15, 0.2) is 65.7 Å². The molecule has 1 aliphatic carbocycles. The Balaban J connectivity index is 2.03. The van der Waals surface area contributed by atoms with E-state index in [1.807, 2.05) is 0 Å². The van der Waals surface area contributed by atoms with E-state index >= 15 is 0 Å². The van der Waals surface area contributed by atoms with Crippen molar-refractivity contribution in [3.05, 3.63) is 87.2 Å². The number of para-hydroxylation sites is 1. The maximum atomic E-state index is 4.87. The molecule has 1 aliphatic heterocycles. The molecular weight excluding hydrogens is 242 g/mol. The number of nitrogens with zero attached hydrogens (tertiary/aromatic N) is 1. The molecule has 0 fully saturated rings. The summed E-state index contributed by atoms with van der Waals surface area (Å²) >= 11 is 0. The van der Waals surface area contributed by atoms with E-state index in [4.69, 9.17) is 4.99 Å². The topological polar surface area (TPSA) is 12.4 Å². The largest absolute Gasteiger partial charge is 0.247 e. The Hall–Kier alpha value is -2.67. The molecule has 0 saturated heterocycles. The predicted octanol–water partition coefficient (Wildman–Crippen LogP) is 3.05.